The van der Waals surface area contributed by atoms with Crippen LogP contribution < -0.4 is 0 Å². The molecule has 0 aromatic rings. The molecule has 0 aromatic heterocycles. The van der Waals surface area contributed by atoms with Crippen molar-refractivity contribution in [2.45, 2.75) is 70.2 Å². The Morgan fingerprint density at radius 2 is 1.36 bits per heavy atom. The van der Waals surface area contributed by atoms with Crippen LogP contribution in [0, 0.1) is 17.8 Å². The molecule has 0 atom stereocenters. The van der Waals surface area contributed by atoms with Gasteiger partial charge in [0.1, 0.15) is 13.4 Å². The van der Waals surface area contributed by atoms with Crippen LogP contribution >= 0.6 is 0 Å². The zero-order valence-electron chi connectivity index (χ0n) is 17.2. The second-order valence-corrected chi connectivity index (χ2v) is 9.67. The molecule has 0 heterocycles. The molecule has 4 bridgehead atoms. The smallest absolute Gasteiger partial charge is 0.367 e. The van der Waals surface area contributed by atoms with Gasteiger partial charge in [-0.1, -0.05) is 20.8 Å². The first-order valence-electron chi connectivity index (χ1n) is 10.0. The molecule has 1 N–H and O–H groups in total. The van der Waals surface area contributed by atoms with E-state index < -0.39 is 27.6 Å². The molecule has 0 unspecified atom stereocenters. The molecular weight excluding hydrogens is 392 g/mol. The summed E-state index contributed by atoms with van der Waals surface area (Å²) < 4.78 is 61.5. The number of alkyl halides is 2. The highest BCUT2D eigenvalue weighted by Gasteiger charge is 2.54. The van der Waals surface area contributed by atoms with E-state index in [1.807, 2.05) is 6.79 Å². The van der Waals surface area contributed by atoms with Gasteiger partial charge in [0.05, 0.1) is 5.60 Å². The lowest BCUT2D eigenvalue weighted by Gasteiger charge is -2.56. The van der Waals surface area contributed by atoms with E-state index >= 15 is 0 Å². The molecule has 4 aliphatic carbocycles. The van der Waals surface area contributed by atoms with Crippen LogP contribution in [0.5, 0.6) is 0 Å². The lowest BCUT2D eigenvalue weighted by molar-refractivity contribution is -0.185. The Balaban J connectivity index is 0.000000372. The number of nitrogens with zero attached hydrogens (tertiary/aromatic N) is 1. The summed E-state index contributed by atoms with van der Waals surface area (Å²) >= 11 is 0. The average molecular weight is 428 g/mol. The van der Waals surface area contributed by atoms with Gasteiger partial charge >= 0.3 is 15.4 Å². The van der Waals surface area contributed by atoms with Gasteiger partial charge in [-0.3, -0.25) is 4.55 Å². The number of ether oxygens (including phenoxy) is 1. The summed E-state index contributed by atoms with van der Waals surface area (Å²) in [6, 6.07) is 0. The topological polar surface area (TPSA) is 83.9 Å². The number of halogens is 2. The van der Waals surface area contributed by atoms with Crippen molar-refractivity contribution < 1.29 is 31.3 Å². The second-order valence-electron chi connectivity index (χ2n) is 8.12. The highest BCUT2D eigenvalue weighted by atomic mass is 32.2. The Bertz CT molecular complexity index is 540. The van der Waals surface area contributed by atoms with E-state index in [0.29, 0.717) is 17.8 Å². The monoisotopic (exact) mass is 427 g/mol. The summed E-state index contributed by atoms with van der Waals surface area (Å²) in [5, 5.41) is -4.21. The van der Waals surface area contributed by atoms with Crippen molar-refractivity contribution in [3.8, 4) is 0 Å². The van der Waals surface area contributed by atoms with Crippen LogP contribution in [0.4, 0.5) is 8.78 Å². The molecule has 0 amide bonds. The van der Waals surface area contributed by atoms with Crippen LogP contribution in [-0.2, 0) is 19.6 Å². The van der Waals surface area contributed by atoms with E-state index in [9.17, 15) is 17.2 Å². The zero-order valence-corrected chi connectivity index (χ0v) is 18.0. The minimum Gasteiger partial charge on any atom is -0.367 e. The van der Waals surface area contributed by atoms with Gasteiger partial charge in [0.15, 0.2) is 0 Å². The van der Waals surface area contributed by atoms with Crippen molar-refractivity contribution in [1.29, 1.82) is 0 Å². The minimum atomic E-state index is -5.39. The summed E-state index contributed by atoms with van der Waals surface area (Å²) in [5.41, 5.74) is -0.580. The second kappa shape index (κ2) is 10.4. The molecule has 6 nitrogen and oxygen atoms in total. The van der Waals surface area contributed by atoms with E-state index in [2.05, 4.69) is 25.7 Å². The molecule has 0 radical (unpaired) electrons. The highest BCUT2D eigenvalue weighted by Crippen LogP contribution is 2.57. The van der Waals surface area contributed by atoms with Crippen molar-refractivity contribution >= 4 is 16.9 Å². The quantitative estimate of drug-likeness (QED) is 0.625. The van der Waals surface area contributed by atoms with Crippen LogP contribution in [-0.4, -0.2) is 61.8 Å². The third-order valence-electron chi connectivity index (χ3n) is 6.25. The molecule has 28 heavy (non-hydrogen) atoms. The Morgan fingerprint density at radius 1 is 1.00 bits per heavy atom. The molecule has 0 aromatic carbocycles. The van der Waals surface area contributed by atoms with Crippen LogP contribution in [0.1, 0.15) is 59.3 Å². The van der Waals surface area contributed by atoms with E-state index in [0.717, 1.165) is 38.5 Å². The van der Waals surface area contributed by atoms with Crippen molar-refractivity contribution in [3.63, 3.8) is 0 Å². The lowest BCUT2D eigenvalue weighted by atomic mass is 9.54. The molecule has 4 fully saturated rings. The lowest BCUT2D eigenvalue weighted by Crippen LogP contribution is -2.53. The van der Waals surface area contributed by atoms with Gasteiger partial charge in [-0.15, -0.1) is 0 Å². The Morgan fingerprint density at radius 3 is 1.61 bits per heavy atom. The van der Waals surface area contributed by atoms with Gasteiger partial charge in [0.25, 0.3) is 0 Å². The molecule has 0 aliphatic heterocycles. The molecule has 0 spiro atoms. The fourth-order valence-corrected chi connectivity index (χ4v) is 5.40. The summed E-state index contributed by atoms with van der Waals surface area (Å²) in [5.74, 6) is 1.60. The van der Waals surface area contributed by atoms with Crippen LogP contribution in [0.2, 0.25) is 0 Å². The molecule has 9 heteroatoms. The third kappa shape index (κ3) is 6.43. The van der Waals surface area contributed by atoms with Gasteiger partial charge in [0, 0.05) is 0 Å². The summed E-state index contributed by atoms with van der Waals surface area (Å²) in [7, 11) is -5.39. The van der Waals surface area contributed by atoms with Crippen LogP contribution in [0.25, 0.3) is 0 Å². The summed E-state index contributed by atoms with van der Waals surface area (Å²) in [6.45, 7) is 10.9. The molecular formula is C19H35F2NO5S. The predicted molar refractivity (Wildman–Crippen MR) is 104 cm³/mol. The number of hydrogen-bond donors (Lipinski definition) is 1. The molecule has 4 saturated carbocycles. The number of hydrogen-bond acceptors (Lipinski definition) is 5. The Hall–Kier alpha value is -0.640. The molecule has 4 rings (SSSR count). The fourth-order valence-electron chi connectivity index (χ4n) is 5.19. The number of carbonyl (C=O) groups is 1. The fraction of sp³-hybridized carbons (Fsp3) is 0.947. The van der Waals surface area contributed by atoms with Crippen LogP contribution in [0.3, 0.4) is 0 Å². The van der Waals surface area contributed by atoms with E-state index in [1.54, 1.807) is 0 Å². The van der Waals surface area contributed by atoms with Gasteiger partial charge < -0.3 is 14.4 Å². The summed E-state index contributed by atoms with van der Waals surface area (Å²) in [4.78, 5) is 10.4. The number of rotatable bonds is 7. The maximum absolute atomic E-state index is 13.3. The van der Waals surface area contributed by atoms with E-state index in [-0.39, 0.29) is 0 Å². The SMILES string of the molecule is C=O.CCN(CC)CC.O=S(=O)(O)C(F)(F)COC12CC3CC(CC(C3)C1)C2. The van der Waals surface area contributed by atoms with Gasteiger partial charge in [-0.25, -0.2) is 0 Å². The first-order chi connectivity index (χ1) is 13.0. The first-order valence-corrected chi connectivity index (χ1v) is 11.5. The molecule has 4 aliphatic rings. The minimum absolute atomic E-state index is 0.533. The van der Waals surface area contributed by atoms with Crippen LogP contribution in [0.15, 0.2) is 0 Å². The van der Waals surface area contributed by atoms with Crippen molar-refractivity contribution in [3.05, 3.63) is 0 Å². The standard InChI is InChI=1S/C12H18F2O4S.C6H15N.CH2O/c13-12(14,19(15,16)17)7-18-11-4-8-1-9(5-11)3-10(2-8)6-11;1-4-7(5-2)6-3;1-2/h8-10H,1-7H2,(H,15,16,17);4-6H2,1-3H3;1H2. The normalized spacial score (nSPS) is 31.0. The van der Waals surface area contributed by atoms with Gasteiger partial charge in [-0.05, 0) is 75.9 Å². The van der Waals surface area contributed by atoms with Crippen molar-refractivity contribution in [1.82, 2.24) is 4.90 Å². The highest BCUT2D eigenvalue weighted by molar-refractivity contribution is 7.86. The molecule has 0 saturated heterocycles. The largest absolute Gasteiger partial charge is 0.392 e. The van der Waals surface area contributed by atoms with E-state index in [4.69, 9.17) is 14.1 Å². The van der Waals surface area contributed by atoms with Crippen molar-refractivity contribution in [2.75, 3.05) is 26.2 Å². The molecule has 166 valence electrons. The first kappa shape index (κ1) is 25.4. The summed E-state index contributed by atoms with van der Waals surface area (Å²) in [6.07, 6.45) is 5.70. The van der Waals surface area contributed by atoms with Crippen molar-refractivity contribution in [2.24, 2.45) is 17.8 Å². The van der Waals surface area contributed by atoms with Gasteiger partial charge in [-0.2, -0.15) is 17.2 Å². The average Bonchev–Trinajstić information content (AvgIpc) is 2.62. The Kier molecular flexibility index (Phi) is 9.44. The predicted octanol–water partition coefficient (Wildman–Crippen LogP) is 3.62. The maximum atomic E-state index is 13.3. The number of carbonyl (C=O) groups excluding carboxylic acids is 1. The third-order valence-corrected chi connectivity index (χ3v) is 7.12. The zero-order chi connectivity index (χ0) is 21.6. The Labute approximate surface area is 167 Å². The van der Waals surface area contributed by atoms with Gasteiger partial charge in [0.2, 0.25) is 0 Å². The maximum Gasteiger partial charge on any atom is 0.392 e. The van der Waals surface area contributed by atoms with E-state index in [1.165, 1.54) is 19.6 Å².